The molecule has 1 saturated heterocycles. The van der Waals surface area contributed by atoms with E-state index in [0.717, 1.165) is 0 Å². The quantitative estimate of drug-likeness (QED) is 0.785. The van der Waals surface area contributed by atoms with E-state index in [1.807, 2.05) is 0 Å². The molecule has 1 atom stereocenters. The number of carbonyl (C=O) groups excluding carboxylic acids is 1. The topological polar surface area (TPSA) is 102 Å². The van der Waals surface area contributed by atoms with Gasteiger partial charge in [0.1, 0.15) is 5.82 Å². The van der Waals surface area contributed by atoms with Gasteiger partial charge in [-0.3, -0.25) is 4.79 Å². The zero-order valence-corrected chi connectivity index (χ0v) is 10.8. The van der Waals surface area contributed by atoms with Crippen LogP contribution in [0.3, 0.4) is 0 Å². The number of anilines is 1. The summed E-state index contributed by atoms with van der Waals surface area (Å²) in [6, 6.07) is 3.09. The maximum Gasteiger partial charge on any atom is 0.253 e. The van der Waals surface area contributed by atoms with Crippen molar-refractivity contribution >= 4 is 21.6 Å². The normalized spacial score (nSPS) is 25.8. The fraction of sp³-hybridized carbons (Fsp3) is 0.455. The van der Waals surface area contributed by atoms with Gasteiger partial charge >= 0.3 is 0 Å². The highest BCUT2D eigenvalue weighted by Gasteiger charge is 2.39. The molecule has 1 aliphatic rings. The van der Waals surface area contributed by atoms with E-state index in [2.05, 4.69) is 10.3 Å². The molecule has 0 aliphatic carbocycles. The molecule has 6 nitrogen and oxygen atoms in total. The second-order valence-corrected chi connectivity index (χ2v) is 7.01. The number of sulfone groups is 1. The first-order chi connectivity index (χ1) is 8.30. The van der Waals surface area contributed by atoms with Crippen LogP contribution in [0.5, 0.6) is 0 Å². The Labute approximate surface area is 106 Å². The first-order valence-electron chi connectivity index (χ1n) is 5.54. The minimum Gasteiger partial charge on any atom is -0.384 e. The molecule has 0 radical (unpaired) electrons. The lowest BCUT2D eigenvalue weighted by Gasteiger charge is -2.23. The summed E-state index contributed by atoms with van der Waals surface area (Å²) in [4.78, 5) is 15.8. The Balaban J connectivity index is 2.10. The molecule has 0 spiro atoms. The number of nitrogens with one attached hydrogen (secondary N) is 1. The maximum absolute atomic E-state index is 11.9. The summed E-state index contributed by atoms with van der Waals surface area (Å²) in [6.45, 7) is 1.74. The number of pyridine rings is 1. The first-order valence-corrected chi connectivity index (χ1v) is 7.36. The zero-order valence-electron chi connectivity index (χ0n) is 10.0. The van der Waals surface area contributed by atoms with E-state index in [1.54, 1.807) is 13.0 Å². The number of nitrogens with two attached hydrogens (primary N) is 1. The summed E-state index contributed by atoms with van der Waals surface area (Å²) in [5, 5.41) is 2.75. The van der Waals surface area contributed by atoms with Crippen LogP contribution in [0.25, 0.3) is 0 Å². The van der Waals surface area contributed by atoms with Crippen molar-refractivity contribution in [1.29, 1.82) is 0 Å². The molecule has 98 valence electrons. The Morgan fingerprint density at radius 2 is 2.22 bits per heavy atom. The predicted octanol–water partition coefficient (Wildman–Crippen LogP) is -0.0292. The number of carbonyl (C=O) groups is 1. The van der Waals surface area contributed by atoms with Gasteiger partial charge in [-0.2, -0.15) is 0 Å². The Kier molecular flexibility index (Phi) is 3.02. The van der Waals surface area contributed by atoms with Crippen LogP contribution in [0.15, 0.2) is 18.3 Å². The summed E-state index contributed by atoms with van der Waals surface area (Å²) >= 11 is 0. The fourth-order valence-electron chi connectivity index (χ4n) is 1.99. The standard InChI is InChI=1S/C11H15N3O3S/c1-11(4-5-18(16,17)7-11)14-10(15)8-2-3-9(12)13-6-8/h2-3,6H,4-5,7H2,1H3,(H2,12,13)(H,14,15). The van der Waals surface area contributed by atoms with E-state index >= 15 is 0 Å². The number of nitrogen functional groups attached to an aromatic ring is 1. The summed E-state index contributed by atoms with van der Waals surface area (Å²) in [6.07, 6.45) is 1.81. The van der Waals surface area contributed by atoms with Gasteiger partial charge in [-0.05, 0) is 25.5 Å². The van der Waals surface area contributed by atoms with E-state index in [9.17, 15) is 13.2 Å². The summed E-state index contributed by atoms with van der Waals surface area (Å²) in [7, 11) is -3.04. The Hall–Kier alpha value is -1.63. The van der Waals surface area contributed by atoms with Gasteiger partial charge in [0, 0.05) is 6.20 Å². The van der Waals surface area contributed by atoms with Gasteiger partial charge in [-0.25, -0.2) is 13.4 Å². The summed E-state index contributed by atoms with van der Waals surface area (Å²) in [5.41, 5.74) is 5.10. The highest BCUT2D eigenvalue weighted by Crippen LogP contribution is 2.23. The number of hydrogen-bond donors (Lipinski definition) is 2. The molecule has 1 amide bonds. The van der Waals surface area contributed by atoms with Gasteiger partial charge in [-0.15, -0.1) is 0 Å². The lowest BCUT2D eigenvalue weighted by molar-refractivity contribution is 0.0915. The molecular weight excluding hydrogens is 254 g/mol. The Bertz CT molecular complexity index is 568. The number of aromatic nitrogens is 1. The van der Waals surface area contributed by atoms with E-state index in [1.165, 1.54) is 12.3 Å². The number of hydrogen-bond acceptors (Lipinski definition) is 5. The van der Waals surface area contributed by atoms with Crippen LogP contribution in [-0.2, 0) is 9.84 Å². The average Bonchev–Trinajstić information content (AvgIpc) is 2.53. The van der Waals surface area contributed by atoms with Crippen LogP contribution in [0.4, 0.5) is 5.82 Å². The van der Waals surface area contributed by atoms with Gasteiger partial charge in [0.15, 0.2) is 9.84 Å². The molecule has 0 aromatic carbocycles. The second-order valence-electron chi connectivity index (χ2n) is 4.83. The predicted molar refractivity (Wildman–Crippen MR) is 67.8 cm³/mol. The third-order valence-electron chi connectivity index (χ3n) is 2.97. The van der Waals surface area contributed by atoms with Crippen molar-refractivity contribution in [2.75, 3.05) is 17.2 Å². The SMILES string of the molecule is CC1(NC(=O)c2ccc(N)nc2)CCS(=O)(=O)C1. The third kappa shape index (κ3) is 2.79. The van der Waals surface area contributed by atoms with Crippen molar-refractivity contribution in [3.63, 3.8) is 0 Å². The largest absolute Gasteiger partial charge is 0.384 e. The molecule has 1 fully saturated rings. The molecule has 1 aromatic heterocycles. The highest BCUT2D eigenvalue weighted by atomic mass is 32.2. The smallest absolute Gasteiger partial charge is 0.253 e. The van der Waals surface area contributed by atoms with Crippen molar-refractivity contribution < 1.29 is 13.2 Å². The number of rotatable bonds is 2. The van der Waals surface area contributed by atoms with Crippen LogP contribution >= 0.6 is 0 Å². The molecule has 1 unspecified atom stereocenters. The van der Waals surface area contributed by atoms with E-state index in [0.29, 0.717) is 17.8 Å². The molecule has 1 aliphatic heterocycles. The molecule has 2 rings (SSSR count). The lowest BCUT2D eigenvalue weighted by atomic mass is 10.0. The summed E-state index contributed by atoms with van der Waals surface area (Å²) < 4.78 is 22.9. The Morgan fingerprint density at radius 3 is 2.72 bits per heavy atom. The lowest BCUT2D eigenvalue weighted by Crippen LogP contribution is -2.46. The Morgan fingerprint density at radius 1 is 1.50 bits per heavy atom. The average molecular weight is 269 g/mol. The maximum atomic E-state index is 11.9. The molecule has 0 saturated carbocycles. The highest BCUT2D eigenvalue weighted by molar-refractivity contribution is 7.91. The fourth-order valence-corrected chi connectivity index (χ4v) is 4.09. The minimum absolute atomic E-state index is 0.0197. The van der Waals surface area contributed by atoms with E-state index in [-0.39, 0.29) is 17.4 Å². The molecular formula is C11H15N3O3S. The van der Waals surface area contributed by atoms with Gasteiger partial charge in [0.25, 0.3) is 5.91 Å². The van der Waals surface area contributed by atoms with E-state index in [4.69, 9.17) is 5.73 Å². The number of nitrogens with zero attached hydrogens (tertiary/aromatic N) is 1. The van der Waals surface area contributed by atoms with Crippen molar-refractivity contribution in [2.24, 2.45) is 0 Å². The van der Waals surface area contributed by atoms with Crippen molar-refractivity contribution in [2.45, 2.75) is 18.9 Å². The monoisotopic (exact) mass is 269 g/mol. The zero-order chi connectivity index (χ0) is 13.4. The minimum atomic E-state index is -3.04. The van der Waals surface area contributed by atoms with Gasteiger partial charge in [0.05, 0.1) is 22.6 Å². The van der Waals surface area contributed by atoms with Crippen molar-refractivity contribution in [1.82, 2.24) is 10.3 Å². The molecule has 0 bridgehead atoms. The van der Waals surface area contributed by atoms with Gasteiger partial charge in [0.2, 0.25) is 0 Å². The van der Waals surface area contributed by atoms with Crippen LogP contribution in [0.1, 0.15) is 23.7 Å². The van der Waals surface area contributed by atoms with Crippen molar-refractivity contribution in [3.05, 3.63) is 23.9 Å². The molecule has 3 N–H and O–H groups in total. The number of amides is 1. The van der Waals surface area contributed by atoms with Crippen LogP contribution in [0, 0.1) is 0 Å². The second kappa shape index (κ2) is 4.24. The molecule has 18 heavy (non-hydrogen) atoms. The van der Waals surface area contributed by atoms with Crippen LogP contribution in [0.2, 0.25) is 0 Å². The summed E-state index contributed by atoms with van der Waals surface area (Å²) in [5.74, 6) is 0.0982. The van der Waals surface area contributed by atoms with Crippen LogP contribution in [-0.4, -0.2) is 36.4 Å². The van der Waals surface area contributed by atoms with E-state index < -0.39 is 15.4 Å². The third-order valence-corrected chi connectivity index (χ3v) is 4.87. The molecule has 7 heteroatoms. The van der Waals surface area contributed by atoms with Crippen molar-refractivity contribution in [3.8, 4) is 0 Å². The van der Waals surface area contributed by atoms with Gasteiger partial charge in [-0.1, -0.05) is 0 Å². The van der Waals surface area contributed by atoms with Crippen LogP contribution < -0.4 is 11.1 Å². The molecule has 2 heterocycles. The first kappa shape index (κ1) is 12.8. The van der Waals surface area contributed by atoms with Gasteiger partial charge < -0.3 is 11.1 Å². The molecule has 1 aromatic rings.